The zero-order valence-electron chi connectivity index (χ0n) is 15.1. The molecule has 3 aromatic rings. The van der Waals surface area contributed by atoms with E-state index in [-0.39, 0.29) is 5.91 Å². The minimum atomic E-state index is -0.0234. The molecule has 2 aromatic carbocycles. The first-order chi connectivity index (χ1) is 12.5. The second kappa shape index (κ2) is 8.14. The van der Waals surface area contributed by atoms with Gasteiger partial charge in [-0.05, 0) is 29.8 Å². The molecule has 0 aliphatic rings. The SMILES string of the molecule is COc1ccc2nc(SCC(=O)NCc3ccc(N(C)C)cc3)[nH]c2c1. The van der Waals surface area contributed by atoms with Crippen molar-refractivity contribution < 1.29 is 9.53 Å². The van der Waals surface area contributed by atoms with Crippen molar-refractivity contribution in [2.45, 2.75) is 11.7 Å². The van der Waals surface area contributed by atoms with E-state index in [0.717, 1.165) is 33.2 Å². The van der Waals surface area contributed by atoms with E-state index in [4.69, 9.17) is 4.74 Å². The molecule has 0 saturated carbocycles. The Morgan fingerprint density at radius 2 is 2.00 bits per heavy atom. The Labute approximate surface area is 156 Å². The Hall–Kier alpha value is -2.67. The second-order valence-electron chi connectivity index (χ2n) is 6.05. The second-order valence-corrected chi connectivity index (χ2v) is 7.02. The molecule has 136 valence electrons. The summed E-state index contributed by atoms with van der Waals surface area (Å²) in [6.07, 6.45) is 0. The standard InChI is InChI=1S/C19H22N4O2S/c1-23(2)14-6-4-13(5-7-14)11-20-18(24)12-26-19-21-16-9-8-15(25-3)10-17(16)22-19/h4-10H,11-12H2,1-3H3,(H,20,24)(H,21,22). The third-order valence-electron chi connectivity index (χ3n) is 3.95. The lowest BCUT2D eigenvalue weighted by molar-refractivity contribution is -0.118. The van der Waals surface area contributed by atoms with E-state index in [9.17, 15) is 4.79 Å². The molecule has 1 heterocycles. The number of thioether (sulfide) groups is 1. The van der Waals surface area contributed by atoms with Crippen molar-refractivity contribution >= 4 is 34.4 Å². The van der Waals surface area contributed by atoms with Gasteiger partial charge in [-0.2, -0.15) is 0 Å². The summed E-state index contributed by atoms with van der Waals surface area (Å²) in [4.78, 5) is 21.8. The molecule has 26 heavy (non-hydrogen) atoms. The molecule has 0 fully saturated rings. The summed E-state index contributed by atoms with van der Waals surface area (Å²) < 4.78 is 5.20. The highest BCUT2D eigenvalue weighted by atomic mass is 32.2. The molecular weight excluding hydrogens is 348 g/mol. The van der Waals surface area contributed by atoms with E-state index >= 15 is 0 Å². The summed E-state index contributed by atoms with van der Waals surface area (Å²) in [5.74, 6) is 1.06. The summed E-state index contributed by atoms with van der Waals surface area (Å²) in [7, 11) is 5.63. The lowest BCUT2D eigenvalue weighted by Crippen LogP contribution is -2.24. The van der Waals surface area contributed by atoms with Gasteiger partial charge in [0.1, 0.15) is 5.75 Å². The number of fused-ring (bicyclic) bond motifs is 1. The number of amides is 1. The summed E-state index contributed by atoms with van der Waals surface area (Å²) in [5, 5.41) is 3.66. The van der Waals surface area contributed by atoms with E-state index in [1.807, 2.05) is 61.5 Å². The number of nitrogens with one attached hydrogen (secondary N) is 2. The molecular formula is C19H22N4O2S. The zero-order valence-corrected chi connectivity index (χ0v) is 15.9. The van der Waals surface area contributed by atoms with Gasteiger partial charge < -0.3 is 19.9 Å². The third kappa shape index (κ3) is 4.49. The molecule has 0 saturated heterocycles. The normalized spacial score (nSPS) is 10.7. The molecule has 1 amide bonds. The number of aromatic nitrogens is 2. The first kappa shape index (κ1) is 18.1. The van der Waals surface area contributed by atoms with Gasteiger partial charge in [-0.3, -0.25) is 4.79 Å². The van der Waals surface area contributed by atoms with Crippen molar-refractivity contribution in [2.24, 2.45) is 0 Å². The largest absolute Gasteiger partial charge is 0.497 e. The number of ether oxygens (including phenoxy) is 1. The maximum atomic E-state index is 12.1. The predicted molar refractivity (Wildman–Crippen MR) is 106 cm³/mol. The van der Waals surface area contributed by atoms with Crippen molar-refractivity contribution in [3.05, 3.63) is 48.0 Å². The topological polar surface area (TPSA) is 70.2 Å². The average molecular weight is 370 g/mol. The van der Waals surface area contributed by atoms with Gasteiger partial charge in [0.05, 0.1) is 23.9 Å². The van der Waals surface area contributed by atoms with Gasteiger partial charge in [0, 0.05) is 32.4 Å². The number of anilines is 1. The van der Waals surface area contributed by atoms with Crippen LogP contribution in [0, 0.1) is 0 Å². The van der Waals surface area contributed by atoms with Gasteiger partial charge in [0.2, 0.25) is 5.91 Å². The molecule has 7 heteroatoms. The molecule has 0 aliphatic carbocycles. The molecule has 0 spiro atoms. The first-order valence-corrected chi connectivity index (χ1v) is 9.23. The van der Waals surface area contributed by atoms with Crippen LogP contribution in [-0.4, -0.2) is 42.8 Å². The smallest absolute Gasteiger partial charge is 0.230 e. The van der Waals surface area contributed by atoms with Crippen LogP contribution in [0.15, 0.2) is 47.6 Å². The molecule has 0 atom stereocenters. The summed E-state index contributed by atoms with van der Waals surface area (Å²) in [6, 6.07) is 13.8. The molecule has 6 nitrogen and oxygen atoms in total. The predicted octanol–water partition coefficient (Wildman–Crippen LogP) is 3.05. The van der Waals surface area contributed by atoms with E-state index in [2.05, 4.69) is 15.3 Å². The molecule has 0 aliphatic heterocycles. The van der Waals surface area contributed by atoms with Crippen molar-refractivity contribution in [3.8, 4) is 5.75 Å². The highest BCUT2D eigenvalue weighted by molar-refractivity contribution is 7.99. The van der Waals surface area contributed by atoms with Crippen molar-refractivity contribution in [2.75, 3.05) is 31.9 Å². The van der Waals surface area contributed by atoms with Crippen LogP contribution < -0.4 is 15.0 Å². The molecule has 2 N–H and O–H groups in total. The number of benzene rings is 2. The van der Waals surface area contributed by atoms with Gasteiger partial charge in [-0.1, -0.05) is 23.9 Å². The molecule has 0 unspecified atom stereocenters. The Balaban J connectivity index is 1.50. The first-order valence-electron chi connectivity index (χ1n) is 8.24. The van der Waals surface area contributed by atoms with Gasteiger partial charge in [-0.25, -0.2) is 4.98 Å². The molecule has 3 rings (SSSR count). The number of hydrogen-bond donors (Lipinski definition) is 2. The minimum absolute atomic E-state index is 0.0234. The van der Waals surface area contributed by atoms with Crippen LogP contribution >= 0.6 is 11.8 Å². The number of carbonyl (C=O) groups is 1. The lowest BCUT2D eigenvalue weighted by atomic mass is 10.2. The third-order valence-corrected chi connectivity index (χ3v) is 4.82. The molecule has 1 aromatic heterocycles. The molecule has 0 radical (unpaired) electrons. The summed E-state index contributed by atoms with van der Waals surface area (Å²) >= 11 is 1.38. The van der Waals surface area contributed by atoms with Crippen LogP contribution in [0.1, 0.15) is 5.56 Å². The van der Waals surface area contributed by atoms with Gasteiger partial charge >= 0.3 is 0 Å². The number of imidazole rings is 1. The fourth-order valence-electron chi connectivity index (χ4n) is 2.46. The Morgan fingerprint density at radius 1 is 1.23 bits per heavy atom. The van der Waals surface area contributed by atoms with E-state index < -0.39 is 0 Å². The minimum Gasteiger partial charge on any atom is -0.497 e. The van der Waals surface area contributed by atoms with Crippen molar-refractivity contribution in [1.82, 2.24) is 15.3 Å². The number of methoxy groups -OCH3 is 1. The van der Waals surface area contributed by atoms with Crippen molar-refractivity contribution in [3.63, 3.8) is 0 Å². The van der Waals surface area contributed by atoms with E-state index in [0.29, 0.717) is 12.3 Å². The Bertz CT molecular complexity index is 890. The van der Waals surface area contributed by atoms with Gasteiger partial charge in [0.25, 0.3) is 0 Å². The number of H-pyrrole nitrogens is 1. The van der Waals surface area contributed by atoms with Crippen LogP contribution in [0.3, 0.4) is 0 Å². The zero-order chi connectivity index (χ0) is 18.5. The average Bonchev–Trinajstić information content (AvgIpc) is 3.07. The van der Waals surface area contributed by atoms with Gasteiger partial charge in [0.15, 0.2) is 5.16 Å². The van der Waals surface area contributed by atoms with Crippen LogP contribution in [0.5, 0.6) is 5.75 Å². The highest BCUT2D eigenvalue weighted by Crippen LogP contribution is 2.23. The number of nitrogens with zero attached hydrogens (tertiary/aromatic N) is 2. The molecule has 0 bridgehead atoms. The number of rotatable bonds is 7. The van der Waals surface area contributed by atoms with E-state index in [1.54, 1.807) is 7.11 Å². The quantitative estimate of drug-likeness (QED) is 0.626. The van der Waals surface area contributed by atoms with Crippen LogP contribution in [0.2, 0.25) is 0 Å². The fraction of sp³-hybridized carbons (Fsp3) is 0.263. The van der Waals surface area contributed by atoms with Crippen molar-refractivity contribution in [1.29, 1.82) is 0 Å². The maximum absolute atomic E-state index is 12.1. The van der Waals surface area contributed by atoms with Crippen LogP contribution in [0.4, 0.5) is 5.69 Å². The van der Waals surface area contributed by atoms with Gasteiger partial charge in [-0.15, -0.1) is 0 Å². The number of aromatic amines is 1. The number of hydrogen-bond acceptors (Lipinski definition) is 5. The lowest BCUT2D eigenvalue weighted by Gasteiger charge is -2.12. The van der Waals surface area contributed by atoms with Crippen LogP contribution in [-0.2, 0) is 11.3 Å². The highest BCUT2D eigenvalue weighted by Gasteiger charge is 2.08. The van der Waals surface area contributed by atoms with Crippen LogP contribution in [0.25, 0.3) is 11.0 Å². The Morgan fingerprint density at radius 3 is 2.69 bits per heavy atom. The fourth-order valence-corrected chi connectivity index (χ4v) is 3.17. The monoisotopic (exact) mass is 370 g/mol. The Kier molecular flexibility index (Phi) is 5.68. The summed E-state index contributed by atoms with van der Waals surface area (Å²) in [5.41, 5.74) is 3.96. The maximum Gasteiger partial charge on any atom is 0.230 e. The number of carbonyl (C=O) groups excluding carboxylic acids is 1. The summed E-state index contributed by atoms with van der Waals surface area (Å²) in [6.45, 7) is 0.518. The van der Waals surface area contributed by atoms with E-state index in [1.165, 1.54) is 11.8 Å².